The van der Waals surface area contributed by atoms with Gasteiger partial charge in [-0.2, -0.15) is 0 Å². The summed E-state index contributed by atoms with van der Waals surface area (Å²) in [6.45, 7) is 5.03. The van der Waals surface area contributed by atoms with Gasteiger partial charge in [-0.1, -0.05) is 91.0 Å². The van der Waals surface area contributed by atoms with Crippen molar-refractivity contribution in [3.05, 3.63) is 108 Å². The summed E-state index contributed by atoms with van der Waals surface area (Å²) in [5, 5.41) is 3.40. The van der Waals surface area contributed by atoms with E-state index in [-0.39, 0.29) is 12.1 Å². The molecule has 3 unspecified atom stereocenters. The van der Waals surface area contributed by atoms with Crippen molar-refractivity contribution < 1.29 is 9.28 Å². The van der Waals surface area contributed by atoms with Gasteiger partial charge in [0.05, 0.1) is 32.7 Å². The Hall–Kier alpha value is -3.11. The van der Waals surface area contributed by atoms with Gasteiger partial charge in [-0.05, 0) is 18.1 Å². The number of nitrogens with zero attached hydrogens (tertiary/aromatic N) is 2. The quantitative estimate of drug-likeness (QED) is 0.576. The summed E-state index contributed by atoms with van der Waals surface area (Å²) in [5.74, 6) is 0. The standard InChI is InChI=1S/C28H31N3O/c1-22(23-12-6-3-7-13-23)31(2)19-18-26(20-31)30-21-28(29-27(30)32,24-14-8-4-9-15-24)25-16-10-5-11-17-25/h3-17,22,26H,18-21H2,1-2H3/p+1. The summed E-state index contributed by atoms with van der Waals surface area (Å²) in [4.78, 5) is 15.5. The van der Waals surface area contributed by atoms with Crippen molar-refractivity contribution >= 4 is 6.03 Å². The number of hydrogen-bond donors (Lipinski definition) is 1. The minimum Gasteiger partial charge on any atom is -0.323 e. The SMILES string of the molecule is CC(c1ccccc1)[N+]1(C)CCC(N2CC(c3ccccc3)(c3ccccc3)NC2=O)C1. The molecule has 4 nitrogen and oxygen atoms in total. The molecular weight excluding hydrogens is 394 g/mol. The van der Waals surface area contributed by atoms with Crippen LogP contribution in [0.25, 0.3) is 0 Å². The molecule has 3 aromatic rings. The molecular formula is C28H32N3O+. The van der Waals surface area contributed by atoms with Crippen molar-refractivity contribution in [2.45, 2.75) is 31.0 Å². The molecule has 0 aliphatic carbocycles. The monoisotopic (exact) mass is 426 g/mol. The number of nitrogens with one attached hydrogen (secondary N) is 1. The van der Waals surface area contributed by atoms with Gasteiger partial charge in [0.2, 0.25) is 0 Å². The van der Waals surface area contributed by atoms with Crippen LogP contribution in [-0.2, 0) is 5.54 Å². The number of amides is 2. The van der Waals surface area contributed by atoms with Gasteiger partial charge < -0.3 is 14.7 Å². The van der Waals surface area contributed by atoms with Crippen molar-refractivity contribution in [2.24, 2.45) is 0 Å². The van der Waals surface area contributed by atoms with E-state index in [4.69, 9.17) is 0 Å². The lowest BCUT2D eigenvalue weighted by molar-refractivity contribution is -0.927. The Morgan fingerprint density at radius 2 is 1.44 bits per heavy atom. The zero-order valence-electron chi connectivity index (χ0n) is 18.9. The van der Waals surface area contributed by atoms with Crippen molar-refractivity contribution in [3.8, 4) is 0 Å². The first-order valence-corrected chi connectivity index (χ1v) is 11.6. The number of quaternary nitrogens is 1. The Kier molecular flexibility index (Phi) is 5.26. The van der Waals surface area contributed by atoms with E-state index in [9.17, 15) is 4.79 Å². The van der Waals surface area contributed by atoms with E-state index in [1.54, 1.807) is 0 Å². The second kappa shape index (κ2) is 8.10. The Bertz CT molecular complexity index is 1030. The predicted molar refractivity (Wildman–Crippen MR) is 128 cm³/mol. The van der Waals surface area contributed by atoms with E-state index in [0.29, 0.717) is 12.6 Å². The number of carbonyl (C=O) groups is 1. The molecule has 1 N–H and O–H groups in total. The number of urea groups is 1. The topological polar surface area (TPSA) is 32.3 Å². The lowest BCUT2D eigenvalue weighted by Crippen LogP contribution is -2.47. The fraction of sp³-hybridized carbons (Fsp3) is 0.321. The normalized spacial score (nSPS) is 25.5. The summed E-state index contributed by atoms with van der Waals surface area (Å²) in [6, 6.07) is 32.2. The second-order valence-corrected chi connectivity index (χ2v) is 9.61. The molecule has 4 heteroatoms. The first kappa shape index (κ1) is 20.8. The van der Waals surface area contributed by atoms with Gasteiger partial charge in [-0.3, -0.25) is 0 Å². The molecule has 3 atom stereocenters. The highest BCUT2D eigenvalue weighted by molar-refractivity contribution is 5.80. The van der Waals surface area contributed by atoms with Gasteiger partial charge in [0, 0.05) is 12.0 Å². The molecule has 2 saturated heterocycles. The molecule has 32 heavy (non-hydrogen) atoms. The van der Waals surface area contributed by atoms with Gasteiger partial charge in [0.25, 0.3) is 0 Å². The fourth-order valence-corrected chi connectivity index (χ4v) is 5.66. The highest BCUT2D eigenvalue weighted by Crippen LogP contribution is 2.39. The maximum atomic E-state index is 13.4. The molecule has 2 aliphatic rings. The molecule has 2 heterocycles. The van der Waals surface area contributed by atoms with Crippen molar-refractivity contribution in [1.29, 1.82) is 0 Å². The molecule has 2 aliphatic heterocycles. The van der Waals surface area contributed by atoms with Gasteiger partial charge in [0.1, 0.15) is 11.6 Å². The second-order valence-electron chi connectivity index (χ2n) is 9.61. The third kappa shape index (κ3) is 3.49. The molecule has 2 amide bonds. The first-order valence-electron chi connectivity index (χ1n) is 11.6. The first-order chi connectivity index (χ1) is 15.5. The number of hydrogen-bond acceptors (Lipinski definition) is 1. The third-order valence-corrected chi connectivity index (χ3v) is 7.78. The summed E-state index contributed by atoms with van der Waals surface area (Å²) >= 11 is 0. The molecule has 3 aromatic carbocycles. The van der Waals surface area contributed by atoms with Crippen LogP contribution in [0.4, 0.5) is 4.79 Å². The van der Waals surface area contributed by atoms with Crippen LogP contribution in [0.5, 0.6) is 0 Å². The van der Waals surface area contributed by atoms with Crippen LogP contribution in [0.2, 0.25) is 0 Å². The van der Waals surface area contributed by atoms with Crippen LogP contribution in [0.15, 0.2) is 91.0 Å². The van der Waals surface area contributed by atoms with Crippen LogP contribution >= 0.6 is 0 Å². The molecule has 0 spiro atoms. The Morgan fingerprint density at radius 3 is 2.00 bits per heavy atom. The van der Waals surface area contributed by atoms with Crippen LogP contribution in [-0.4, -0.2) is 48.1 Å². The Morgan fingerprint density at radius 1 is 0.906 bits per heavy atom. The summed E-state index contributed by atoms with van der Waals surface area (Å²) in [6.07, 6.45) is 1.03. The van der Waals surface area contributed by atoms with Gasteiger partial charge in [0.15, 0.2) is 0 Å². The van der Waals surface area contributed by atoms with Crippen LogP contribution in [0.1, 0.15) is 36.1 Å². The lowest BCUT2D eigenvalue weighted by Gasteiger charge is -2.37. The Labute approximate surface area is 191 Å². The minimum atomic E-state index is -0.517. The zero-order chi connectivity index (χ0) is 22.2. The maximum Gasteiger partial charge on any atom is 0.319 e. The molecule has 164 valence electrons. The molecule has 0 bridgehead atoms. The number of carbonyl (C=O) groups excluding carboxylic acids is 1. The van der Waals surface area contributed by atoms with E-state index in [1.165, 1.54) is 5.56 Å². The van der Waals surface area contributed by atoms with Crippen LogP contribution < -0.4 is 5.32 Å². The minimum absolute atomic E-state index is 0.0449. The van der Waals surface area contributed by atoms with E-state index in [2.05, 4.69) is 103 Å². The third-order valence-electron chi connectivity index (χ3n) is 7.78. The molecule has 0 aromatic heterocycles. The van der Waals surface area contributed by atoms with E-state index in [1.807, 2.05) is 12.1 Å². The van der Waals surface area contributed by atoms with Crippen molar-refractivity contribution in [2.75, 3.05) is 26.7 Å². The number of benzene rings is 3. The maximum absolute atomic E-state index is 13.4. The average Bonchev–Trinajstić information content (AvgIpc) is 3.42. The molecule has 5 rings (SSSR count). The van der Waals surface area contributed by atoms with E-state index < -0.39 is 5.54 Å². The molecule has 2 fully saturated rings. The van der Waals surface area contributed by atoms with Crippen LogP contribution in [0, 0.1) is 0 Å². The van der Waals surface area contributed by atoms with Gasteiger partial charge in [-0.15, -0.1) is 0 Å². The molecule has 0 radical (unpaired) electrons. The molecule has 0 saturated carbocycles. The summed E-state index contributed by atoms with van der Waals surface area (Å²) in [7, 11) is 2.34. The smallest absolute Gasteiger partial charge is 0.319 e. The predicted octanol–water partition coefficient (Wildman–Crippen LogP) is 4.94. The summed E-state index contributed by atoms with van der Waals surface area (Å²) < 4.78 is 0.960. The van der Waals surface area contributed by atoms with E-state index >= 15 is 0 Å². The van der Waals surface area contributed by atoms with Crippen LogP contribution in [0.3, 0.4) is 0 Å². The average molecular weight is 427 g/mol. The van der Waals surface area contributed by atoms with Crippen molar-refractivity contribution in [3.63, 3.8) is 0 Å². The highest BCUT2D eigenvalue weighted by Gasteiger charge is 2.51. The zero-order valence-corrected chi connectivity index (χ0v) is 18.9. The number of likely N-dealkylation sites (tertiary alicyclic amines) is 1. The fourth-order valence-electron chi connectivity index (χ4n) is 5.66. The number of rotatable bonds is 5. The number of likely N-dealkylation sites (N-methyl/N-ethyl adjacent to an activating group) is 1. The van der Waals surface area contributed by atoms with Crippen molar-refractivity contribution in [1.82, 2.24) is 10.2 Å². The largest absolute Gasteiger partial charge is 0.323 e. The van der Waals surface area contributed by atoms with E-state index in [0.717, 1.165) is 35.1 Å². The summed E-state index contributed by atoms with van der Waals surface area (Å²) in [5.41, 5.74) is 3.12. The highest BCUT2D eigenvalue weighted by atomic mass is 16.2. The van der Waals surface area contributed by atoms with Gasteiger partial charge >= 0.3 is 6.03 Å². The Balaban J connectivity index is 1.43. The van der Waals surface area contributed by atoms with Gasteiger partial charge in [-0.25, -0.2) is 4.79 Å². The lowest BCUT2D eigenvalue weighted by atomic mass is 9.83.